The number of benzene rings is 1. The van der Waals surface area contributed by atoms with Gasteiger partial charge in [0.25, 0.3) is 0 Å². The van der Waals surface area contributed by atoms with E-state index in [1.54, 1.807) is 6.07 Å². The Labute approximate surface area is 123 Å². The van der Waals surface area contributed by atoms with E-state index in [2.05, 4.69) is 0 Å². The third kappa shape index (κ3) is 4.35. The number of rotatable bonds is 4. The van der Waals surface area contributed by atoms with Crippen LogP contribution in [-0.4, -0.2) is 0 Å². The van der Waals surface area contributed by atoms with E-state index < -0.39 is 17.5 Å². The molecule has 1 nitrogen and oxygen atoms in total. The van der Waals surface area contributed by atoms with Gasteiger partial charge in [-0.2, -0.15) is 9.65 Å². The van der Waals surface area contributed by atoms with Gasteiger partial charge >= 0.3 is 0 Å². The van der Waals surface area contributed by atoms with E-state index in [0.717, 1.165) is 37.7 Å². The number of nitrogens with zero attached hydrogens (tertiary/aromatic N) is 1. The van der Waals surface area contributed by atoms with E-state index in [1.807, 2.05) is 0 Å². The first-order valence-corrected chi connectivity index (χ1v) is 7.31. The van der Waals surface area contributed by atoms with Crippen molar-refractivity contribution < 1.29 is 13.2 Å². The van der Waals surface area contributed by atoms with Crippen molar-refractivity contribution in [3.8, 4) is 6.07 Å². The molecule has 1 fully saturated rings. The zero-order valence-electron chi connectivity index (χ0n) is 11.8. The molecule has 112 valence electrons. The Balaban J connectivity index is 1.83. The van der Waals surface area contributed by atoms with Gasteiger partial charge in [-0.25, -0.2) is 8.78 Å². The van der Waals surface area contributed by atoms with Crippen molar-refractivity contribution in [1.82, 2.24) is 0 Å². The minimum atomic E-state index is -0.807. The highest BCUT2D eigenvalue weighted by Gasteiger charge is 2.22. The van der Waals surface area contributed by atoms with Crippen molar-refractivity contribution in [3.05, 3.63) is 47.3 Å². The van der Waals surface area contributed by atoms with Gasteiger partial charge in [0, 0.05) is 0 Å². The zero-order valence-corrected chi connectivity index (χ0v) is 11.8. The second-order valence-electron chi connectivity index (χ2n) is 5.63. The van der Waals surface area contributed by atoms with Crippen LogP contribution in [0.1, 0.15) is 50.0 Å². The van der Waals surface area contributed by atoms with E-state index in [4.69, 9.17) is 5.26 Å². The average molecular weight is 293 g/mol. The van der Waals surface area contributed by atoms with Gasteiger partial charge in [0.05, 0.1) is 0 Å². The van der Waals surface area contributed by atoms with Gasteiger partial charge in [-0.05, 0) is 74.1 Å². The molecule has 0 heterocycles. The molecule has 0 spiro atoms. The summed E-state index contributed by atoms with van der Waals surface area (Å²) in [4.78, 5) is 0. The quantitative estimate of drug-likeness (QED) is 0.682. The first kappa shape index (κ1) is 15.6. The summed E-state index contributed by atoms with van der Waals surface area (Å²) in [6, 6.07) is 5.61. The SMILES string of the molecule is N#C/C(F)=C/CC[C@H]1CC[C@H](c2ccc(F)c(F)c2)CC1. The summed E-state index contributed by atoms with van der Waals surface area (Å²) < 4.78 is 38.8. The van der Waals surface area contributed by atoms with Gasteiger partial charge in [0.2, 0.25) is 0 Å². The summed E-state index contributed by atoms with van der Waals surface area (Å²) >= 11 is 0. The van der Waals surface area contributed by atoms with Crippen LogP contribution in [0.4, 0.5) is 13.2 Å². The maximum absolute atomic E-state index is 13.2. The van der Waals surface area contributed by atoms with Gasteiger partial charge in [0.15, 0.2) is 17.5 Å². The lowest BCUT2D eigenvalue weighted by atomic mass is 9.77. The number of hydrogen-bond acceptors (Lipinski definition) is 1. The molecule has 0 bridgehead atoms. The Hall–Kier alpha value is -1.76. The molecule has 0 atom stereocenters. The molecular weight excluding hydrogens is 275 g/mol. The van der Waals surface area contributed by atoms with Crippen LogP contribution in [0.2, 0.25) is 0 Å². The highest BCUT2D eigenvalue weighted by Crippen LogP contribution is 2.37. The standard InChI is InChI=1S/C17H18F3N/c18-15(11-21)3-1-2-12-4-6-13(7-5-12)14-8-9-16(19)17(20)10-14/h3,8-10,12-13H,1-2,4-7H2/b15-3-/t12-,13-. The highest BCUT2D eigenvalue weighted by atomic mass is 19.2. The molecular formula is C17H18F3N. The van der Waals surface area contributed by atoms with Crippen LogP contribution in [0, 0.1) is 28.9 Å². The first-order valence-electron chi connectivity index (χ1n) is 7.31. The Kier molecular flexibility index (Phi) is 5.44. The molecule has 0 unspecified atom stereocenters. The Morgan fingerprint density at radius 3 is 2.52 bits per heavy atom. The maximum Gasteiger partial charge on any atom is 0.196 e. The summed E-state index contributed by atoms with van der Waals surface area (Å²) in [7, 11) is 0. The summed E-state index contributed by atoms with van der Waals surface area (Å²) in [6.45, 7) is 0. The Morgan fingerprint density at radius 1 is 1.19 bits per heavy atom. The number of allylic oxidation sites excluding steroid dienone is 2. The molecule has 1 aliphatic carbocycles. The maximum atomic E-state index is 13.2. The van der Waals surface area contributed by atoms with E-state index in [0.29, 0.717) is 12.3 Å². The number of halogens is 3. The van der Waals surface area contributed by atoms with Crippen LogP contribution in [0.3, 0.4) is 0 Å². The average Bonchev–Trinajstić information content (AvgIpc) is 2.50. The lowest BCUT2D eigenvalue weighted by Gasteiger charge is -2.28. The molecule has 0 radical (unpaired) electrons. The predicted molar refractivity (Wildman–Crippen MR) is 75.1 cm³/mol. The molecule has 4 heteroatoms. The van der Waals surface area contributed by atoms with Gasteiger partial charge in [-0.1, -0.05) is 6.07 Å². The fourth-order valence-corrected chi connectivity index (χ4v) is 3.04. The van der Waals surface area contributed by atoms with E-state index in [1.165, 1.54) is 24.3 Å². The van der Waals surface area contributed by atoms with E-state index in [-0.39, 0.29) is 5.92 Å². The van der Waals surface area contributed by atoms with Crippen molar-refractivity contribution in [1.29, 1.82) is 5.26 Å². The summed E-state index contributed by atoms with van der Waals surface area (Å²) in [5.41, 5.74) is 0.864. The monoisotopic (exact) mass is 293 g/mol. The molecule has 0 saturated heterocycles. The molecule has 0 aromatic heterocycles. The molecule has 1 saturated carbocycles. The third-order valence-electron chi connectivity index (χ3n) is 4.27. The van der Waals surface area contributed by atoms with Crippen molar-refractivity contribution in [2.24, 2.45) is 5.92 Å². The highest BCUT2D eigenvalue weighted by molar-refractivity contribution is 5.22. The fourth-order valence-electron chi connectivity index (χ4n) is 3.04. The van der Waals surface area contributed by atoms with Crippen LogP contribution in [0.15, 0.2) is 30.1 Å². The summed E-state index contributed by atoms with van der Waals surface area (Å²) in [5.74, 6) is -1.51. The summed E-state index contributed by atoms with van der Waals surface area (Å²) in [6.07, 6.45) is 6.69. The second kappa shape index (κ2) is 7.31. The van der Waals surface area contributed by atoms with Gasteiger partial charge in [-0.15, -0.1) is 0 Å². The Morgan fingerprint density at radius 2 is 1.90 bits per heavy atom. The normalized spacial score (nSPS) is 22.9. The smallest absolute Gasteiger partial charge is 0.196 e. The molecule has 0 aliphatic heterocycles. The summed E-state index contributed by atoms with van der Waals surface area (Å²) in [5, 5.41) is 8.32. The number of nitriles is 1. The minimum Gasteiger partial charge on any atom is -0.204 e. The number of hydrogen-bond donors (Lipinski definition) is 0. The zero-order chi connectivity index (χ0) is 15.2. The minimum absolute atomic E-state index is 0.280. The Bertz CT molecular complexity index is 552. The van der Waals surface area contributed by atoms with E-state index >= 15 is 0 Å². The molecule has 0 amide bonds. The van der Waals surface area contributed by atoms with Gasteiger partial charge in [-0.3, -0.25) is 0 Å². The lowest BCUT2D eigenvalue weighted by Crippen LogP contribution is -2.13. The predicted octanol–water partition coefficient (Wildman–Crippen LogP) is 5.40. The van der Waals surface area contributed by atoms with Crippen molar-refractivity contribution in [2.75, 3.05) is 0 Å². The van der Waals surface area contributed by atoms with Gasteiger partial charge < -0.3 is 0 Å². The van der Waals surface area contributed by atoms with Crippen LogP contribution in [0.25, 0.3) is 0 Å². The lowest BCUT2D eigenvalue weighted by molar-refractivity contribution is 0.311. The van der Waals surface area contributed by atoms with Crippen molar-refractivity contribution >= 4 is 0 Å². The van der Waals surface area contributed by atoms with Crippen molar-refractivity contribution in [3.63, 3.8) is 0 Å². The van der Waals surface area contributed by atoms with Crippen LogP contribution in [-0.2, 0) is 0 Å². The third-order valence-corrected chi connectivity index (χ3v) is 4.27. The molecule has 1 aromatic carbocycles. The second-order valence-corrected chi connectivity index (χ2v) is 5.63. The van der Waals surface area contributed by atoms with Crippen LogP contribution in [0.5, 0.6) is 0 Å². The molecule has 1 aromatic rings. The molecule has 2 rings (SSSR count). The first-order chi connectivity index (χ1) is 10.1. The molecule has 0 N–H and O–H groups in total. The van der Waals surface area contributed by atoms with Crippen molar-refractivity contribution in [2.45, 2.75) is 44.4 Å². The topological polar surface area (TPSA) is 23.8 Å². The fraction of sp³-hybridized carbons (Fsp3) is 0.471. The van der Waals surface area contributed by atoms with E-state index in [9.17, 15) is 13.2 Å². The molecule has 1 aliphatic rings. The van der Waals surface area contributed by atoms with Gasteiger partial charge in [0.1, 0.15) is 6.07 Å². The largest absolute Gasteiger partial charge is 0.204 e. The van der Waals surface area contributed by atoms with Crippen LogP contribution < -0.4 is 0 Å². The van der Waals surface area contributed by atoms with Crippen LogP contribution >= 0.6 is 0 Å². The molecule has 21 heavy (non-hydrogen) atoms.